The zero-order valence-corrected chi connectivity index (χ0v) is 10.5. The summed E-state index contributed by atoms with van der Waals surface area (Å²) in [5.74, 6) is 0.278. The van der Waals surface area contributed by atoms with Crippen molar-refractivity contribution in [2.45, 2.75) is 0 Å². The van der Waals surface area contributed by atoms with Gasteiger partial charge >= 0.3 is 0 Å². The molecule has 0 radical (unpaired) electrons. The smallest absolute Gasteiger partial charge is 0.284 e. The molecule has 1 aromatic heterocycles. The number of hydrogen-bond acceptors (Lipinski definition) is 4. The lowest BCUT2D eigenvalue weighted by Crippen LogP contribution is -2.12. The van der Waals surface area contributed by atoms with Gasteiger partial charge in [0.1, 0.15) is 5.75 Å². The summed E-state index contributed by atoms with van der Waals surface area (Å²) in [5, 5.41) is 5.37. The molecule has 0 aliphatic carbocycles. The van der Waals surface area contributed by atoms with Crippen LogP contribution in [0.3, 0.4) is 0 Å². The van der Waals surface area contributed by atoms with E-state index in [-0.39, 0.29) is 5.91 Å². The highest BCUT2D eigenvalue weighted by Crippen LogP contribution is 2.28. The Morgan fingerprint density at radius 2 is 2.35 bits per heavy atom. The van der Waals surface area contributed by atoms with Crippen LogP contribution in [-0.4, -0.2) is 18.0 Å². The molecule has 1 heterocycles. The number of carbonyl (C=O) groups excluding carboxylic acids is 1. The largest absolute Gasteiger partial charge is 0.495 e. The quantitative estimate of drug-likeness (QED) is 0.931. The molecule has 1 aromatic carbocycles. The average molecular weight is 269 g/mol. The second-order valence-electron chi connectivity index (χ2n) is 3.14. The Labute approximate surface area is 107 Å². The van der Waals surface area contributed by atoms with Gasteiger partial charge in [-0.15, -0.1) is 11.3 Å². The first-order chi connectivity index (χ1) is 8.20. The minimum atomic E-state index is -0.277. The van der Waals surface area contributed by atoms with Crippen molar-refractivity contribution in [2.75, 3.05) is 12.4 Å². The van der Waals surface area contributed by atoms with Gasteiger partial charge in [-0.3, -0.25) is 4.79 Å². The Bertz CT molecular complexity index is 528. The molecule has 4 nitrogen and oxygen atoms in total. The van der Waals surface area contributed by atoms with Crippen molar-refractivity contribution < 1.29 is 9.53 Å². The molecule has 0 unspecified atom stereocenters. The second-order valence-corrected chi connectivity index (χ2v) is 4.47. The highest BCUT2D eigenvalue weighted by molar-refractivity contribution is 7.11. The van der Waals surface area contributed by atoms with Gasteiger partial charge in [-0.25, -0.2) is 4.98 Å². The Hall–Kier alpha value is -1.59. The van der Waals surface area contributed by atoms with Gasteiger partial charge in [0, 0.05) is 16.6 Å². The molecule has 0 spiro atoms. The van der Waals surface area contributed by atoms with Crippen LogP contribution in [0.25, 0.3) is 0 Å². The molecular weight excluding hydrogens is 260 g/mol. The number of halogens is 1. The molecule has 0 saturated carbocycles. The summed E-state index contributed by atoms with van der Waals surface area (Å²) < 4.78 is 5.13. The topological polar surface area (TPSA) is 51.2 Å². The van der Waals surface area contributed by atoms with Crippen LogP contribution in [0.5, 0.6) is 5.75 Å². The summed E-state index contributed by atoms with van der Waals surface area (Å²) in [5.41, 5.74) is 0.528. The summed E-state index contributed by atoms with van der Waals surface area (Å²) >= 11 is 7.13. The van der Waals surface area contributed by atoms with Crippen molar-refractivity contribution >= 4 is 34.5 Å². The lowest BCUT2D eigenvalue weighted by Gasteiger charge is -2.09. The molecular formula is C11H9ClN2O2S. The monoisotopic (exact) mass is 268 g/mol. The van der Waals surface area contributed by atoms with E-state index in [0.717, 1.165) is 0 Å². The molecule has 1 N–H and O–H groups in total. The normalized spacial score (nSPS) is 10.0. The van der Waals surface area contributed by atoms with E-state index in [4.69, 9.17) is 16.3 Å². The molecule has 2 aromatic rings. The van der Waals surface area contributed by atoms with Gasteiger partial charge in [-0.1, -0.05) is 11.6 Å². The van der Waals surface area contributed by atoms with E-state index in [1.165, 1.54) is 18.4 Å². The molecule has 6 heteroatoms. The van der Waals surface area contributed by atoms with Crippen LogP contribution in [0.4, 0.5) is 5.69 Å². The van der Waals surface area contributed by atoms with Crippen LogP contribution in [0.15, 0.2) is 29.8 Å². The standard InChI is InChI=1S/C11H9ClN2O2S/c1-16-9-3-2-7(12)6-8(9)14-10(15)11-13-4-5-17-11/h2-6H,1H3,(H,14,15). The minimum Gasteiger partial charge on any atom is -0.495 e. The molecule has 2 rings (SSSR count). The molecule has 1 amide bonds. The van der Waals surface area contributed by atoms with Crippen molar-refractivity contribution in [1.82, 2.24) is 4.98 Å². The fraction of sp³-hybridized carbons (Fsp3) is 0.0909. The zero-order chi connectivity index (χ0) is 12.3. The lowest BCUT2D eigenvalue weighted by atomic mass is 10.3. The van der Waals surface area contributed by atoms with E-state index in [9.17, 15) is 4.79 Å². The third-order valence-electron chi connectivity index (χ3n) is 2.04. The predicted octanol–water partition coefficient (Wildman–Crippen LogP) is 3.06. The number of anilines is 1. The molecule has 0 aliphatic rings. The first-order valence-electron chi connectivity index (χ1n) is 4.75. The van der Waals surface area contributed by atoms with E-state index < -0.39 is 0 Å². The number of ether oxygens (including phenoxy) is 1. The number of rotatable bonds is 3. The molecule has 0 atom stereocenters. The van der Waals surface area contributed by atoms with Gasteiger partial charge in [-0.05, 0) is 18.2 Å². The summed E-state index contributed by atoms with van der Waals surface area (Å²) in [6.07, 6.45) is 1.58. The fourth-order valence-corrected chi connectivity index (χ4v) is 1.99. The van der Waals surface area contributed by atoms with Gasteiger partial charge < -0.3 is 10.1 Å². The van der Waals surface area contributed by atoms with Crippen molar-refractivity contribution in [2.24, 2.45) is 0 Å². The highest BCUT2D eigenvalue weighted by Gasteiger charge is 2.11. The van der Waals surface area contributed by atoms with E-state index in [1.807, 2.05) is 0 Å². The van der Waals surface area contributed by atoms with Crippen LogP contribution in [-0.2, 0) is 0 Å². The zero-order valence-electron chi connectivity index (χ0n) is 8.94. The predicted molar refractivity (Wildman–Crippen MR) is 68.1 cm³/mol. The van der Waals surface area contributed by atoms with Crippen LogP contribution in [0, 0.1) is 0 Å². The highest BCUT2D eigenvalue weighted by atomic mass is 35.5. The number of aromatic nitrogens is 1. The lowest BCUT2D eigenvalue weighted by molar-refractivity contribution is 0.102. The Balaban J connectivity index is 2.23. The molecule has 88 valence electrons. The maximum absolute atomic E-state index is 11.8. The molecule has 0 fully saturated rings. The number of benzene rings is 1. The number of nitrogens with one attached hydrogen (secondary N) is 1. The van der Waals surface area contributed by atoms with Gasteiger partial charge in [0.05, 0.1) is 12.8 Å². The van der Waals surface area contributed by atoms with Gasteiger partial charge in [-0.2, -0.15) is 0 Å². The molecule has 0 saturated heterocycles. The van der Waals surface area contributed by atoms with Crippen LogP contribution >= 0.6 is 22.9 Å². The summed E-state index contributed by atoms with van der Waals surface area (Å²) in [6, 6.07) is 5.02. The maximum atomic E-state index is 11.8. The van der Waals surface area contributed by atoms with Crippen LogP contribution in [0.2, 0.25) is 5.02 Å². The number of thiazole rings is 1. The number of methoxy groups -OCH3 is 1. The molecule has 0 aliphatic heterocycles. The minimum absolute atomic E-state index is 0.277. The average Bonchev–Trinajstić information content (AvgIpc) is 2.83. The van der Waals surface area contributed by atoms with Gasteiger partial charge in [0.15, 0.2) is 5.01 Å². The van der Waals surface area contributed by atoms with E-state index >= 15 is 0 Å². The molecule has 17 heavy (non-hydrogen) atoms. The first kappa shape index (κ1) is 11.9. The van der Waals surface area contributed by atoms with Crippen molar-refractivity contribution in [3.63, 3.8) is 0 Å². The Kier molecular flexibility index (Phi) is 3.61. The Morgan fingerprint density at radius 3 is 3.00 bits per heavy atom. The van der Waals surface area contributed by atoms with E-state index in [2.05, 4.69) is 10.3 Å². The van der Waals surface area contributed by atoms with Gasteiger partial charge in [0.25, 0.3) is 5.91 Å². The first-order valence-corrected chi connectivity index (χ1v) is 6.01. The second kappa shape index (κ2) is 5.16. The van der Waals surface area contributed by atoms with E-state index in [1.54, 1.807) is 29.8 Å². The number of nitrogens with zero attached hydrogens (tertiary/aromatic N) is 1. The SMILES string of the molecule is COc1ccc(Cl)cc1NC(=O)c1nccs1. The summed E-state index contributed by atoms with van der Waals surface area (Å²) in [4.78, 5) is 15.7. The Morgan fingerprint density at radius 1 is 1.53 bits per heavy atom. The van der Waals surface area contributed by atoms with Crippen molar-refractivity contribution in [3.05, 3.63) is 39.8 Å². The van der Waals surface area contributed by atoms with Crippen molar-refractivity contribution in [3.8, 4) is 5.75 Å². The van der Waals surface area contributed by atoms with Gasteiger partial charge in [0.2, 0.25) is 0 Å². The van der Waals surface area contributed by atoms with E-state index in [0.29, 0.717) is 21.5 Å². The third kappa shape index (κ3) is 2.75. The number of amides is 1. The number of hydrogen-bond donors (Lipinski definition) is 1. The van der Waals surface area contributed by atoms with Crippen LogP contribution < -0.4 is 10.1 Å². The van der Waals surface area contributed by atoms with Crippen LogP contribution in [0.1, 0.15) is 9.80 Å². The summed E-state index contributed by atoms with van der Waals surface area (Å²) in [7, 11) is 1.53. The maximum Gasteiger partial charge on any atom is 0.284 e. The molecule has 0 bridgehead atoms. The van der Waals surface area contributed by atoms with Crippen molar-refractivity contribution in [1.29, 1.82) is 0 Å². The fourth-order valence-electron chi connectivity index (χ4n) is 1.29. The third-order valence-corrected chi connectivity index (χ3v) is 3.04. The summed E-state index contributed by atoms with van der Waals surface area (Å²) in [6.45, 7) is 0. The number of carbonyl (C=O) groups is 1.